The first-order valence-electron chi connectivity index (χ1n) is 8.55. The highest BCUT2D eigenvalue weighted by molar-refractivity contribution is 8.14. The fourth-order valence-electron chi connectivity index (χ4n) is 2.73. The third-order valence-corrected chi connectivity index (χ3v) is 5.02. The van der Waals surface area contributed by atoms with Crippen molar-refractivity contribution in [1.29, 1.82) is 0 Å². The van der Waals surface area contributed by atoms with Gasteiger partial charge in [-0.05, 0) is 27.2 Å². The Kier molecular flexibility index (Phi) is 6.34. The topological polar surface area (TPSA) is 66.9 Å². The van der Waals surface area contributed by atoms with Gasteiger partial charge in [-0.25, -0.2) is 4.79 Å². The third-order valence-electron chi connectivity index (χ3n) is 3.90. The number of likely N-dealkylation sites (tertiary alicyclic amines) is 1. The molecule has 1 heterocycles. The smallest absolute Gasteiger partial charge is 0.411 e. The maximum Gasteiger partial charge on any atom is 0.411 e. The van der Waals surface area contributed by atoms with Crippen molar-refractivity contribution in [2.75, 3.05) is 20.6 Å². The van der Waals surface area contributed by atoms with E-state index in [4.69, 9.17) is 4.74 Å². The summed E-state index contributed by atoms with van der Waals surface area (Å²) >= 11 is 1.17. The molecule has 1 aliphatic rings. The molecule has 142 valence electrons. The number of hydrogen-bond acceptors (Lipinski definition) is 5. The fraction of sp³-hybridized carbons (Fsp3) is 0.526. The van der Waals surface area contributed by atoms with Crippen LogP contribution in [0.15, 0.2) is 30.3 Å². The third kappa shape index (κ3) is 5.24. The molecule has 0 bridgehead atoms. The number of nitrogens with zero attached hydrogens (tertiary/aromatic N) is 2. The lowest BCUT2D eigenvalue weighted by atomic mass is 10.2. The van der Waals surface area contributed by atoms with Crippen LogP contribution in [0, 0.1) is 0 Å². The summed E-state index contributed by atoms with van der Waals surface area (Å²) in [6.07, 6.45) is -0.0904. The molecule has 0 aromatic heterocycles. The molecule has 2 atom stereocenters. The van der Waals surface area contributed by atoms with Gasteiger partial charge in [0, 0.05) is 31.5 Å². The number of carbonyl (C=O) groups is 3. The molecule has 0 saturated carbocycles. The zero-order valence-electron chi connectivity index (χ0n) is 15.9. The minimum Gasteiger partial charge on any atom is -0.444 e. The average molecular weight is 378 g/mol. The Hall–Kier alpha value is -2.02. The van der Waals surface area contributed by atoms with Gasteiger partial charge >= 0.3 is 6.09 Å². The van der Waals surface area contributed by atoms with Crippen molar-refractivity contribution < 1.29 is 19.1 Å². The molecule has 0 unspecified atom stereocenters. The number of rotatable bonds is 3. The molecule has 0 aliphatic carbocycles. The highest BCUT2D eigenvalue weighted by Crippen LogP contribution is 2.31. The Morgan fingerprint density at radius 2 is 1.77 bits per heavy atom. The highest BCUT2D eigenvalue weighted by atomic mass is 32.2. The second kappa shape index (κ2) is 8.12. The first-order valence-corrected chi connectivity index (χ1v) is 9.43. The minimum atomic E-state index is -0.645. The molecule has 2 rings (SSSR count). The molecule has 1 aromatic rings. The molecular formula is C19H26N2O4S. The van der Waals surface area contributed by atoms with E-state index in [9.17, 15) is 14.4 Å². The molecule has 1 saturated heterocycles. The molecular weight excluding hydrogens is 352 g/mol. The lowest BCUT2D eigenvalue weighted by Gasteiger charge is -2.29. The van der Waals surface area contributed by atoms with Crippen LogP contribution < -0.4 is 0 Å². The molecule has 0 spiro atoms. The van der Waals surface area contributed by atoms with Crippen LogP contribution in [0.4, 0.5) is 4.79 Å². The number of ether oxygens (including phenoxy) is 1. The maximum atomic E-state index is 12.5. The van der Waals surface area contributed by atoms with E-state index >= 15 is 0 Å². The maximum absolute atomic E-state index is 12.5. The van der Waals surface area contributed by atoms with Crippen molar-refractivity contribution in [1.82, 2.24) is 9.80 Å². The van der Waals surface area contributed by atoms with E-state index in [0.717, 1.165) is 0 Å². The van der Waals surface area contributed by atoms with Crippen LogP contribution >= 0.6 is 11.8 Å². The van der Waals surface area contributed by atoms with Gasteiger partial charge in [-0.15, -0.1) is 0 Å². The van der Waals surface area contributed by atoms with Gasteiger partial charge < -0.3 is 9.64 Å². The Labute approximate surface area is 158 Å². The van der Waals surface area contributed by atoms with Gasteiger partial charge in [-0.2, -0.15) is 0 Å². The zero-order valence-corrected chi connectivity index (χ0v) is 16.7. The molecule has 0 N–H and O–H groups in total. The summed E-state index contributed by atoms with van der Waals surface area (Å²) in [5.41, 5.74) is -0.0304. The minimum absolute atomic E-state index is 0.0577. The number of likely N-dealkylation sites (N-methyl/N-ethyl adjacent to an activating group) is 1. The molecule has 1 aromatic carbocycles. The Morgan fingerprint density at radius 1 is 1.15 bits per heavy atom. The summed E-state index contributed by atoms with van der Waals surface area (Å²) in [6, 6.07) is 8.40. The summed E-state index contributed by atoms with van der Waals surface area (Å²) in [5, 5.41) is -0.207. The first-order chi connectivity index (χ1) is 12.1. The van der Waals surface area contributed by atoms with Gasteiger partial charge in [0.25, 0.3) is 0 Å². The average Bonchev–Trinajstić information content (AvgIpc) is 2.97. The SMILES string of the molecule is CN(C)C(=O)[C@@H]1C[C@H](SC(=O)c2ccccc2)CN1C(=O)OC(C)(C)C. The van der Waals surface area contributed by atoms with Crippen molar-refractivity contribution in [3.8, 4) is 0 Å². The zero-order chi connectivity index (χ0) is 19.5. The molecule has 1 fully saturated rings. The molecule has 7 heteroatoms. The van der Waals surface area contributed by atoms with Crippen LogP contribution in [-0.4, -0.2) is 64.4 Å². The second-order valence-corrected chi connectivity index (χ2v) is 8.78. The van der Waals surface area contributed by atoms with E-state index in [1.54, 1.807) is 47.0 Å². The van der Waals surface area contributed by atoms with Gasteiger partial charge in [0.1, 0.15) is 11.6 Å². The van der Waals surface area contributed by atoms with Crippen molar-refractivity contribution in [3.63, 3.8) is 0 Å². The molecule has 2 amide bonds. The van der Waals surface area contributed by atoms with E-state index in [1.165, 1.54) is 21.6 Å². The highest BCUT2D eigenvalue weighted by Gasteiger charge is 2.43. The van der Waals surface area contributed by atoms with Gasteiger partial charge in [0.15, 0.2) is 0 Å². The van der Waals surface area contributed by atoms with Crippen LogP contribution in [-0.2, 0) is 9.53 Å². The fourth-order valence-corrected chi connectivity index (χ4v) is 3.82. The lowest BCUT2D eigenvalue weighted by Crippen LogP contribution is -2.47. The van der Waals surface area contributed by atoms with Gasteiger partial charge in [-0.3, -0.25) is 14.5 Å². The summed E-state index contributed by atoms with van der Waals surface area (Å²) in [6.45, 7) is 5.67. The molecule has 6 nitrogen and oxygen atoms in total. The summed E-state index contributed by atoms with van der Waals surface area (Å²) < 4.78 is 5.44. The summed E-state index contributed by atoms with van der Waals surface area (Å²) in [5.74, 6) is -0.161. The number of hydrogen-bond donors (Lipinski definition) is 0. The quantitative estimate of drug-likeness (QED) is 0.809. The van der Waals surface area contributed by atoms with Crippen LogP contribution in [0.2, 0.25) is 0 Å². The van der Waals surface area contributed by atoms with E-state index in [1.807, 2.05) is 18.2 Å². The number of thioether (sulfide) groups is 1. The van der Waals surface area contributed by atoms with Crippen molar-refractivity contribution >= 4 is 28.9 Å². The Balaban J connectivity index is 2.12. The van der Waals surface area contributed by atoms with E-state index in [-0.39, 0.29) is 16.3 Å². The largest absolute Gasteiger partial charge is 0.444 e. The van der Waals surface area contributed by atoms with Crippen molar-refractivity contribution in [2.24, 2.45) is 0 Å². The summed E-state index contributed by atoms with van der Waals surface area (Å²) in [4.78, 5) is 40.4. The first kappa shape index (κ1) is 20.3. The summed E-state index contributed by atoms with van der Waals surface area (Å²) in [7, 11) is 3.32. The predicted octanol–water partition coefficient (Wildman–Crippen LogP) is 3.03. The molecule has 26 heavy (non-hydrogen) atoms. The standard InChI is InChI=1S/C19H26N2O4S/c1-19(2,3)25-18(24)21-12-14(11-15(21)16(22)20(4)5)26-17(23)13-9-7-6-8-10-13/h6-10,14-15H,11-12H2,1-5H3/t14-,15-/m0/s1. The molecule has 1 aliphatic heterocycles. The Bertz CT molecular complexity index is 670. The lowest BCUT2D eigenvalue weighted by molar-refractivity contribution is -0.133. The van der Waals surface area contributed by atoms with E-state index < -0.39 is 17.7 Å². The van der Waals surface area contributed by atoms with Crippen LogP contribution in [0.25, 0.3) is 0 Å². The Morgan fingerprint density at radius 3 is 2.31 bits per heavy atom. The van der Waals surface area contributed by atoms with Gasteiger partial charge in [-0.1, -0.05) is 42.1 Å². The molecule has 0 radical (unpaired) electrons. The van der Waals surface area contributed by atoms with Gasteiger partial charge in [0.2, 0.25) is 11.0 Å². The van der Waals surface area contributed by atoms with E-state index in [0.29, 0.717) is 18.5 Å². The van der Waals surface area contributed by atoms with Gasteiger partial charge in [0.05, 0.1) is 0 Å². The van der Waals surface area contributed by atoms with Crippen LogP contribution in [0.1, 0.15) is 37.6 Å². The number of amides is 2. The number of benzene rings is 1. The van der Waals surface area contributed by atoms with Crippen molar-refractivity contribution in [2.45, 2.75) is 44.1 Å². The predicted molar refractivity (Wildman–Crippen MR) is 102 cm³/mol. The van der Waals surface area contributed by atoms with Crippen molar-refractivity contribution in [3.05, 3.63) is 35.9 Å². The second-order valence-electron chi connectivity index (χ2n) is 7.51. The van der Waals surface area contributed by atoms with E-state index in [2.05, 4.69) is 0 Å². The monoisotopic (exact) mass is 378 g/mol. The normalized spacial score (nSPS) is 20.0. The van der Waals surface area contributed by atoms with Crippen LogP contribution in [0.5, 0.6) is 0 Å². The van der Waals surface area contributed by atoms with Crippen LogP contribution in [0.3, 0.4) is 0 Å². The number of carbonyl (C=O) groups excluding carboxylic acids is 3.